The summed E-state index contributed by atoms with van der Waals surface area (Å²) in [6.07, 6.45) is 0.0886. The van der Waals surface area contributed by atoms with Crippen molar-refractivity contribution in [3.05, 3.63) is 100 Å². The average Bonchev–Trinajstić information content (AvgIpc) is 3.37. The molecule has 1 aliphatic heterocycles. The molecule has 0 bridgehead atoms. The van der Waals surface area contributed by atoms with Crippen LogP contribution in [0.1, 0.15) is 46.1 Å². The van der Waals surface area contributed by atoms with Gasteiger partial charge >= 0.3 is 0 Å². The van der Waals surface area contributed by atoms with Crippen molar-refractivity contribution in [2.45, 2.75) is 49.3 Å². The third kappa shape index (κ3) is 6.03. The van der Waals surface area contributed by atoms with E-state index in [9.17, 15) is 5.11 Å². The first-order valence-corrected chi connectivity index (χ1v) is 13.7. The molecule has 1 saturated heterocycles. The molecule has 0 saturated carbocycles. The standard InChI is InChI=1S/C28H29N3O3S2/c1-18-30-31-28(36-18)35-17-25-14-26(21-10-8-19(16-32)9-11-21)34-27(33-25)24-7-3-6-23(13-24)22-5-2-4-20(12-22)15-29/h2-13,25-27,32H,14-17,29H2,1H3/t25-,26+,27+/m1/s1. The maximum Gasteiger partial charge on any atom is 0.184 e. The highest BCUT2D eigenvalue weighted by Gasteiger charge is 2.32. The molecule has 1 aromatic heterocycles. The molecule has 1 fully saturated rings. The number of aromatic nitrogens is 2. The molecule has 3 atom stereocenters. The number of hydrogen-bond acceptors (Lipinski definition) is 8. The Morgan fingerprint density at radius 1 is 0.944 bits per heavy atom. The molecule has 0 amide bonds. The summed E-state index contributed by atoms with van der Waals surface area (Å²) in [5, 5.41) is 18.8. The van der Waals surface area contributed by atoms with Crippen molar-refractivity contribution in [1.82, 2.24) is 10.2 Å². The van der Waals surface area contributed by atoms with Gasteiger partial charge in [-0.1, -0.05) is 83.8 Å². The summed E-state index contributed by atoms with van der Waals surface area (Å²) in [7, 11) is 0. The van der Waals surface area contributed by atoms with E-state index in [4.69, 9.17) is 15.2 Å². The van der Waals surface area contributed by atoms with Crippen LogP contribution < -0.4 is 5.73 Å². The third-order valence-corrected chi connectivity index (χ3v) is 8.27. The van der Waals surface area contributed by atoms with Crippen LogP contribution in [-0.4, -0.2) is 27.2 Å². The van der Waals surface area contributed by atoms with Gasteiger partial charge in [0.25, 0.3) is 0 Å². The molecule has 0 radical (unpaired) electrons. The van der Waals surface area contributed by atoms with E-state index in [-0.39, 0.29) is 18.8 Å². The van der Waals surface area contributed by atoms with E-state index < -0.39 is 6.29 Å². The normalized spacial score (nSPS) is 19.9. The number of nitrogens with zero attached hydrogens (tertiary/aromatic N) is 2. The van der Waals surface area contributed by atoms with Crippen LogP contribution in [-0.2, 0) is 22.6 Å². The van der Waals surface area contributed by atoms with Crippen LogP contribution in [0.2, 0.25) is 0 Å². The minimum absolute atomic E-state index is 0.0234. The largest absolute Gasteiger partial charge is 0.392 e. The second kappa shape index (κ2) is 11.6. The summed E-state index contributed by atoms with van der Waals surface area (Å²) in [5.41, 5.74) is 12.1. The molecule has 3 N–H and O–H groups in total. The zero-order chi connectivity index (χ0) is 24.9. The Bertz CT molecular complexity index is 1300. The number of benzene rings is 3. The summed E-state index contributed by atoms with van der Waals surface area (Å²) in [5.74, 6) is 0.762. The highest BCUT2D eigenvalue weighted by atomic mass is 32.2. The van der Waals surface area contributed by atoms with Gasteiger partial charge in [0.15, 0.2) is 10.6 Å². The molecule has 2 heterocycles. The number of aryl methyl sites for hydroxylation is 1. The Labute approximate surface area is 219 Å². The fourth-order valence-corrected chi connectivity index (χ4v) is 6.13. The van der Waals surface area contributed by atoms with Crippen LogP contribution in [0.4, 0.5) is 0 Å². The first-order chi connectivity index (χ1) is 17.6. The predicted octanol–water partition coefficient (Wildman–Crippen LogP) is 5.80. The van der Waals surface area contributed by atoms with Gasteiger partial charge in [-0.05, 0) is 46.9 Å². The van der Waals surface area contributed by atoms with Crippen LogP contribution in [0, 0.1) is 6.92 Å². The third-order valence-electron chi connectivity index (χ3n) is 6.17. The molecule has 36 heavy (non-hydrogen) atoms. The Hall–Kier alpha value is -2.59. The molecule has 6 nitrogen and oxygen atoms in total. The fourth-order valence-electron chi connectivity index (χ4n) is 4.27. The van der Waals surface area contributed by atoms with Crippen molar-refractivity contribution in [3.63, 3.8) is 0 Å². The van der Waals surface area contributed by atoms with E-state index in [0.29, 0.717) is 6.54 Å². The van der Waals surface area contributed by atoms with Crippen molar-refractivity contribution in [1.29, 1.82) is 0 Å². The lowest BCUT2D eigenvalue weighted by atomic mass is 9.99. The predicted molar refractivity (Wildman–Crippen MR) is 144 cm³/mol. The summed E-state index contributed by atoms with van der Waals surface area (Å²) < 4.78 is 14.0. The summed E-state index contributed by atoms with van der Waals surface area (Å²) >= 11 is 3.27. The lowest BCUT2D eigenvalue weighted by molar-refractivity contribution is -0.245. The average molecular weight is 520 g/mol. The Kier molecular flexibility index (Phi) is 8.11. The first-order valence-electron chi connectivity index (χ1n) is 11.9. The smallest absolute Gasteiger partial charge is 0.184 e. The van der Waals surface area contributed by atoms with E-state index in [1.807, 2.05) is 49.4 Å². The Balaban J connectivity index is 1.40. The number of aliphatic hydroxyl groups excluding tert-OH is 1. The van der Waals surface area contributed by atoms with Crippen molar-refractivity contribution in [2.75, 3.05) is 5.75 Å². The van der Waals surface area contributed by atoms with Gasteiger partial charge in [-0.2, -0.15) is 0 Å². The minimum atomic E-state index is -0.499. The van der Waals surface area contributed by atoms with Crippen LogP contribution in [0.15, 0.2) is 77.1 Å². The van der Waals surface area contributed by atoms with E-state index in [1.54, 1.807) is 23.1 Å². The Morgan fingerprint density at radius 3 is 2.44 bits per heavy atom. The van der Waals surface area contributed by atoms with Crippen LogP contribution in [0.5, 0.6) is 0 Å². The highest BCUT2D eigenvalue weighted by Crippen LogP contribution is 2.40. The molecule has 0 spiro atoms. The lowest BCUT2D eigenvalue weighted by Gasteiger charge is -2.36. The van der Waals surface area contributed by atoms with Gasteiger partial charge in [0.05, 0.1) is 18.8 Å². The summed E-state index contributed by atoms with van der Waals surface area (Å²) in [6, 6.07) is 24.6. The second-order valence-electron chi connectivity index (χ2n) is 8.78. The quantitative estimate of drug-likeness (QED) is 0.284. The van der Waals surface area contributed by atoms with Crippen molar-refractivity contribution >= 4 is 23.1 Å². The molecule has 3 aromatic carbocycles. The van der Waals surface area contributed by atoms with Gasteiger partial charge in [-0.3, -0.25) is 0 Å². The lowest BCUT2D eigenvalue weighted by Crippen LogP contribution is -2.31. The second-order valence-corrected chi connectivity index (χ2v) is 11.2. The number of aliphatic hydroxyl groups is 1. The maximum atomic E-state index is 9.43. The zero-order valence-electron chi connectivity index (χ0n) is 20.0. The molecule has 0 aliphatic carbocycles. The summed E-state index contributed by atoms with van der Waals surface area (Å²) in [6.45, 7) is 2.49. The van der Waals surface area contributed by atoms with E-state index in [1.165, 1.54) is 0 Å². The van der Waals surface area contributed by atoms with Gasteiger partial charge in [0, 0.05) is 24.3 Å². The molecular formula is C28H29N3O3S2. The monoisotopic (exact) mass is 519 g/mol. The van der Waals surface area contributed by atoms with E-state index in [2.05, 4.69) is 40.5 Å². The number of hydrogen-bond donors (Lipinski definition) is 2. The molecule has 5 rings (SSSR count). The summed E-state index contributed by atoms with van der Waals surface area (Å²) in [4.78, 5) is 0. The van der Waals surface area contributed by atoms with Crippen molar-refractivity contribution < 1.29 is 14.6 Å². The zero-order valence-corrected chi connectivity index (χ0v) is 21.7. The number of thioether (sulfide) groups is 1. The molecule has 0 unspecified atom stereocenters. The molecule has 186 valence electrons. The number of nitrogens with two attached hydrogens (primary N) is 1. The fraction of sp³-hybridized carbons (Fsp3) is 0.286. The minimum Gasteiger partial charge on any atom is -0.392 e. The topological polar surface area (TPSA) is 90.5 Å². The van der Waals surface area contributed by atoms with Gasteiger partial charge in [0.2, 0.25) is 0 Å². The number of rotatable bonds is 8. The van der Waals surface area contributed by atoms with Gasteiger partial charge < -0.3 is 20.3 Å². The number of ether oxygens (including phenoxy) is 2. The van der Waals surface area contributed by atoms with Crippen molar-refractivity contribution in [3.8, 4) is 11.1 Å². The van der Waals surface area contributed by atoms with Gasteiger partial charge in [0.1, 0.15) is 5.01 Å². The van der Waals surface area contributed by atoms with Crippen LogP contribution >= 0.6 is 23.1 Å². The SMILES string of the molecule is Cc1nnc(SC[C@H]2C[C@@H](c3ccc(CO)cc3)O[C@@H](c3cccc(-c4cccc(CN)c4)c3)O2)s1. The van der Waals surface area contributed by atoms with Crippen LogP contribution in [0.25, 0.3) is 11.1 Å². The Morgan fingerprint density at radius 2 is 1.72 bits per heavy atom. The van der Waals surface area contributed by atoms with Gasteiger partial charge in [-0.25, -0.2) is 0 Å². The highest BCUT2D eigenvalue weighted by molar-refractivity contribution is 8.01. The molecule has 1 aliphatic rings. The molecule has 8 heteroatoms. The van der Waals surface area contributed by atoms with Crippen molar-refractivity contribution in [2.24, 2.45) is 5.73 Å². The van der Waals surface area contributed by atoms with Crippen LogP contribution in [0.3, 0.4) is 0 Å². The molecule has 4 aromatic rings. The maximum absolute atomic E-state index is 9.43. The van der Waals surface area contributed by atoms with E-state index >= 15 is 0 Å². The molecular weight excluding hydrogens is 490 g/mol. The van der Waals surface area contributed by atoms with Gasteiger partial charge in [-0.15, -0.1) is 10.2 Å². The van der Waals surface area contributed by atoms with E-state index in [0.717, 1.165) is 54.9 Å². The first kappa shape index (κ1) is 25.1.